The Balaban J connectivity index is 2.43. The van der Waals surface area contributed by atoms with Gasteiger partial charge in [0, 0.05) is 16.6 Å². The Kier molecular flexibility index (Phi) is 5.41. The van der Waals surface area contributed by atoms with E-state index < -0.39 is 5.97 Å². The van der Waals surface area contributed by atoms with E-state index >= 15 is 0 Å². The number of halogens is 1. The highest BCUT2D eigenvalue weighted by atomic mass is 79.9. The van der Waals surface area contributed by atoms with Crippen molar-refractivity contribution in [3.05, 3.63) is 28.2 Å². The lowest BCUT2D eigenvalue weighted by molar-refractivity contribution is -0.133. The quantitative estimate of drug-likeness (QED) is 0.787. The summed E-state index contributed by atoms with van der Waals surface area (Å²) in [6.45, 7) is 4.85. The molecule has 0 amide bonds. The van der Waals surface area contributed by atoms with E-state index in [0.717, 1.165) is 34.4 Å². The van der Waals surface area contributed by atoms with Gasteiger partial charge in [0.05, 0.1) is 5.75 Å². The van der Waals surface area contributed by atoms with Crippen LogP contribution in [0.1, 0.15) is 18.9 Å². The van der Waals surface area contributed by atoms with Crippen molar-refractivity contribution in [1.82, 2.24) is 14.8 Å². The second-order valence-corrected chi connectivity index (χ2v) is 6.31. The third-order valence-electron chi connectivity index (χ3n) is 2.92. The van der Waals surface area contributed by atoms with Crippen LogP contribution in [0.5, 0.6) is 0 Å². The van der Waals surface area contributed by atoms with Gasteiger partial charge in [-0.1, -0.05) is 36.9 Å². The van der Waals surface area contributed by atoms with Crippen molar-refractivity contribution in [2.24, 2.45) is 0 Å². The fourth-order valence-electron chi connectivity index (χ4n) is 1.97. The molecule has 1 aromatic heterocycles. The van der Waals surface area contributed by atoms with Gasteiger partial charge >= 0.3 is 5.97 Å². The van der Waals surface area contributed by atoms with Gasteiger partial charge in [-0.15, -0.1) is 10.2 Å². The summed E-state index contributed by atoms with van der Waals surface area (Å²) < 4.78 is 2.97. The second-order valence-electron chi connectivity index (χ2n) is 4.58. The number of aliphatic carboxylic acids is 1. The standard InChI is InChI=1S/C14H16BrN3O2S/c1-3-7-18-13(10-6-4-5-9(2)12(10)15)16-17-14(18)21-8-11(19)20/h4-6H,3,7-8H2,1-2H3,(H,19,20). The van der Waals surface area contributed by atoms with Gasteiger partial charge < -0.3 is 9.67 Å². The molecule has 1 N–H and O–H groups in total. The maximum Gasteiger partial charge on any atom is 0.313 e. The molecule has 112 valence electrons. The number of carbonyl (C=O) groups is 1. The number of thioether (sulfide) groups is 1. The Morgan fingerprint density at radius 2 is 2.19 bits per heavy atom. The van der Waals surface area contributed by atoms with Crippen LogP contribution in [0.2, 0.25) is 0 Å². The van der Waals surface area contributed by atoms with Crippen molar-refractivity contribution in [3.8, 4) is 11.4 Å². The molecule has 1 aromatic carbocycles. The zero-order valence-electron chi connectivity index (χ0n) is 11.8. The molecule has 0 aliphatic heterocycles. The lowest BCUT2D eigenvalue weighted by atomic mass is 10.1. The highest BCUT2D eigenvalue weighted by molar-refractivity contribution is 9.10. The summed E-state index contributed by atoms with van der Waals surface area (Å²) in [6.07, 6.45) is 0.926. The zero-order valence-corrected chi connectivity index (χ0v) is 14.2. The summed E-state index contributed by atoms with van der Waals surface area (Å²) in [6, 6.07) is 5.98. The van der Waals surface area contributed by atoms with Crippen LogP contribution in [0.3, 0.4) is 0 Å². The molecule has 5 nitrogen and oxygen atoms in total. The number of aryl methyl sites for hydroxylation is 1. The minimum absolute atomic E-state index is 0.0170. The van der Waals surface area contributed by atoms with E-state index in [0.29, 0.717) is 5.16 Å². The summed E-state index contributed by atoms with van der Waals surface area (Å²) in [5, 5.41) is 17.9. The number of rotatable bonds is 6. The summed E-state index contributed by atoms with van der Waals surface area (Å²) >= 11 is 4.79. The van der Waals surface area contributed by atoms with E-state index in [4.69, 9.17) is 5.11 Å². The first-order valence-corrected chi connectivity index (χ1v) is 8.35. The van der Waals surface area contributed by atoms with Gasteiger partial charge in [0.15, 0.2) is 11.0 Å². The Morgan fingerprint density at radius 1 is 1.43 bits per heavy atom. The van der Waals surface area contributed by atoms with E-state index in [9.17, 15) is 4.79 Å². The third-order valence-corrected chi connectivity index (χ3v) is 4.93. The number of benzene rings is 1. The van der Waals surface area contributed by atoms with Crippen LogP contribution in [-0.2, 0) is 11.3 Å². The Morgan fingerprint density at radius 3 is 2.86 bits per heavy atom. The first-order valence-electron chi connectivity index (χ1n) is 6.57. The number of carboxylic acid groups (broad SMARTS) is 1. The van der Waals surface area contributed by atoms with Crippen LogP contribution in [0.4, 0.5) is 0 Å². The number of nitrogens with zero attached hydrogens (tertiary/aromatic N) is 3. The lowest BCUT2D eigenvalue weighted by Gasteiger charge is -2.10. The number of aromatic nitrogens is 3. The van der Waals surface area contributed by atoms with Crippen molar-refractivity contribution >= 4 is 33.7 Å². The molecule has 0 aliphatic rings. The molecule has 2 aromatic rings. The van der Waals surface area contributed by atoms with Crippen LogP contribution in [0, 0.1) is 6.92 Å². The molecular formula is C14H16BrN3O2S. The van der Waals surface area contributed by atoms with Crippen LogP contribution in [-0.4, -0.2) is 31.6 Å². The zero-order chi connectivity index (χ0) is 15.4. The molecule has 0 bridgehead atoms. The molecule has 0 aliphatic carbocycles. The number of hydrogen-bond donors (Lipinski definition) is 1. The predicted molar refractivity (Wildman–Crippen MR) is 86.5 cm³/mol. The van der Waals surface area contributed by atoms with Crippen LogP contribution in [0.25, 0.3) is 11.4 Å². The van der Waals surface area contributed by atoms with Crippen molar-refractivity contribution < 1.29 is 9.90 Å². The fraction of sp³-hybridized carbons (Fsp3) is 0.357. The molecule has 21 heavy (non-hydrogen) atoms. The van der Waals surface area contributed by atoms with Crippen molar-refractivity contribution in [1.29, 1.82) is 0 Å². The van der Waals surface area contributed by atoms with Gasteiger partial charge in [0.25, 0.3) is 0 Å². The largest absolute Gasteiger partial charge is 0.481 e. The van der Waals surface area contributed by atoms with Crippen molar-refractivity contribution in [3.63, 3.8) is 0 Å². The molecule has 0 saturated carbocycles. The normalized spacial score (nSPS) is 10.8. The van der Waals surface area contributed by atoms with E-state index in [1.807, 2.05) is 29.7 Å². The lowest BCUT2D eigenvalue weighted by Crippen LogP contribution is -2.05. The highest BCUT2D eigenvalue weighted by Crippen LogP contribution is 2.31. The van der Waals surface area contributed by atoms with Crippen LogP contribution < -0.4 is 0 Å². The highest BCUT2D eigenvalue weighted by Gasteiger charge is 2.17. The van der Waals surface area contributed by atoms with E-state index in [1.165, 1.54) is 11.8 Å². The number of hydrogen-bond acceptors (Lipinski definition) is 4. The van der Waals surface area contributed by atoms with Crippen LogP contribution in [0.15, 0.2) is 27.8 Å². The molecule has 7 heteroatoms. The topological polar surface area (TPSA) is 68.0 Å². The average molecular weight is 370 g/mol. The molecule has 0 fully saturated rings. The van der Waals surface area contributed by atoms with Gasteiger partial charge in [0.1, 0.15) is 0 Å². The minimum Gasteiger partial charge on any atom is -0.481 e. The Hall–Kier alpha value is -1.34. The van der Waals surface area contributed by atoms with E-state index in [2.05, 4.69) is 33.1 Å². The molecule has 0 unspecified atom stereocenters. The SMILES string of the molecule is CCCn1c(SCC(=O)O)nnc1-c1cccc(C)c1Br. The second kappa shape index (κ2) is 7.09. The third kappa shape index (κ3) is 3.65. The van der Waals surface area contributed by atoms with E-state index in [1.54, 1.807) is 0 Å². The Bertz CT molecular complexity index is 658. The molecule has 0 radical (unpaired) electrons. The van der Waals surface area contributed by atoms with Gasteiger partial charge in [-0.2, -0.15) is 0 Å². The summed E-state index contributed by atoms with van der Waals surface area (Å²) in [7, 11) is 0. The first kappa shape index (κ1) is 16.0. The maximum atomic E-state index is 10.7. The molecule has 0 atom stereocenters. The van der Waals surface area contributed by atoms with Gasteiger partial charge in [-0.05, 0) is 34.8 Å². The average Bonchev–Trinajstić information content (AvgIpc) is 2.83. The van der Waals surface area contributed by atoms with Crippen molar-refractivity contribution in [2.75, 3.05) is 5.75 Å². The predicted octanol–water partition coefficient (Wildman–Crippen LogP) is 3.60. The van der Waals surface area contributed by atoms with Gasteiger partial charge in [-0.3, -0.25) is 4.79 Å². The van der Waals surface area contributed by atoms with Crippen molar-refractivity contribution in [2.45, 2.75) is 32.0 Å². The van der Waals surface area contributed by atoms with Gasteiger partial charge in [-0.25, -0.2) is 0 Å². The van der Waals surface area contributed by atoms with Gasteiger partial charge in [0.2, 0.25) is 0 Å². The molecular weight excluding hydrogens is 354 g/mol. The molecule has 1 heterocycles. The maximum absolute atomic E-state index is 10.7. The van der Waals surface area contributed by atoms with E-state index in [-0.39, 0.29) is 5.75 Å². The first-order chi connectivity index (χ1) is 10.0. The monoisotopic (exact) mass is 369 g/mol. The Labute approximate surface area is 135 Å². The summed E-state index contributed by atoms with van der Waals surface area (Å²) in [5.74, 6) is -0.110. The molecule has 0 saturated heterocycles. The smallest absolute Gasteiger partial charge is 0.313 e. The fourth-order valence-corrected chi connectivity index (χ4v) is 3.09. The summed E-state index contributed by atoms with van der Waals surface area (Å²) in [5.41, 5.74) is 2.09. The minimum atomic E-state index is -0.857. The van der Waals surface area contributed by atoms with Crippen LogP contribution >= 0.6 is 27.7 Å². The molecule has 0 spiro atoms. The molecule has 2 rings (SSSR count). The number of carboxylic acids is 1. The summed E-state index contributed by atoms with van der Waals surface area (Å²) in [4.78, 5) is 10.7.